The second-order valence-electron chi connectivity index (χ2n) is 3.57. The second kappa shape index (κ2) is 5.89. The minimum absolute atomic E-state index is 0.246. The second-order valence-corrected chi connectivity index (χ2v) is 3.57. The molecule has 0 aromatic heterocycles. The van der Waals surface area contributed by atoms with Gasteiger partial charge in [-0.25, -0.2) is 4.79 Å². The Morgan fingerprint density at radius 1 is 1.29 bits per heavy atom. The largest absolute Gasteiger partial charge is 0.467 e. The fourth-order valence-corrected chi connectivity index (χ4v) is 1.42. The molecule has 1 atom stereocenters. The van der Waals surface area contributed by atoms with Gasteiger partial charge in [0.15, 0.2) is 0 Å². The first-order valence-electron chi connectivity index (χ1n) is 5.25. The van der Waals surface area contributed by atoms with Crippen LogP contribution in [0.15, 0.2) is 30.3 Å². The number of hydrazine groups is 1. The van der Waals surface area contributed by atoms with E-state index in [2.05, 4.69) is 10.2 Å². The molecule has 5 nitrogen and oxygen atoms in total. The SMILES string of the molecule is COC(=O)[C@H](C)N(NC(C)=O)c1ccccc1. The molecule has 1 aromatic carbocycles. The zero-order chi connectivity index (χ0) is 12.8. The van der Waals surface area contributed by atoms with E-state index in [4.69, 9.17) is 0 Å². The molecule has 1 aromatic rings. The summed E-state index contributed by atoms with van der Waals surface area (Å²) in [6.07, 6.45) is 0. The molecule has 0 spiro atoms. The highest BCUT2D eigenvalue weighted by molar-refractivity contribution is 5.82. The molecular weight excluding hydrogens is 220 g/mol. The molecule has 17 heavy (non-hydrogen) atoms. The number of ether oxygens (including phenoxy) is 1. The number of amides is 1. The van der Waals surface area contributed by atoms with E-state index >= 15 is 0 Å². The molecule has 0 fully saturated rings. The van der Waals surface area contributed by atoms with Crippen molar-refractivity contribution in [2.75, 3.05) is 12.1 Å². The smallest absolute Gasteiger partial charge is 0.330 e. The molecule has 0 bridgehead atoms. The number of hydrogen-bond donors (Lipinski definition) is 1. The number of esters is 1. The van der Waals surface area contributed by atoms with Crippen LogP contribution in [-0.2, 0) is 14.3 Å². The molecule has 0 saturated heterocycles. The van der Waals surface area contributed by atoms with Gasteiger partial charge < -0.3 is 4.74 Å². The summed E-state index contributed by atoms with van der Waals surface area (Å²) >= 11 is 0. The Balaban J connectivity index is 2.95. The van der Waals surface area contributed by atoms with Gasteiger partial charge in [0.2, 0.25) is 5.91 Å². The lowest BCUT2D eigenvalue weighted by Gasteiger charge is -2.29. The van der Waals surface area contributed by atoms with Gasteiger partial charge in [-0.05, 0) is 19.1 Å². The molecule has 0 radical (unpaired) electrons. The van der Waals surface area contributed by atoms with Crippen LogP contribution in [0.4, 0.5) is 5.69 Å². The van der Waals surface area contributed by atoms with Crippen LogP contribution in [0.2, 0.25) is 0 Å². The Morgan fingerprint density at radius 3 is 2.35 bits per heavy atom. The van der Waals surface area contributed by atoms with Gasteiger partial charge in [-0.1, -0.05) is 18.2 Å². The maximum absolute atomic E-state index is 11.5. The van der Waals surface area contributed by atoms with E-state index < -0.39 is 12.0 Å². The van der Waals surface area contributed by atoms with E-state index in [0.717, 1.165) is 5.69 Å². The standard InChI is InChI=1S/C12H16N2O3/c1-9(12(16)17-3)14(13-10(2)15)11-7-5-4-6-8-11/h4-9H,1-3H3,(H,13,15)/t9-/m0/s1. The van der Waals surface area contributed by atoms with Crippen LogP contribution in [0.5, 0.6) is 0 Å². The van der Waals surface area contributed by atoms with E-state index in [1.54, 1.807) is 19.1 Å². The highest BCUT2D eigenvalue weighted by Gasteiger charge is 2.23. The van der Waals surface area contributed by atoms with Gasteiger partial charge in [0.05, 0.1) is 12.8 Å². The maximum atomic E-state index is 11.5. The summed E-state index contributed by atoms with van der Waals surface area (Å²) in [5.41, 5.74) is 3.33. The first-order chi connectivity index (χ1) is 8.06. The van der Waals surface area contributed by atoms with Gasteiger partial charge in [-0.2, -0.15) is 0 Å². The third kappa shape index (κ3) is 3.48. The number of carbonyl (C=O) groups is 2. The fraction of sp³-hybridized carbons (Fsp3) is 0.333. The van der Waals surface area contributed by atoms with E-state index in [1.807, 2.05) is 18.2 Å². The topological polar surface area (TPSA) is 58.6 Å². The number of methoxy groups -OCH3 is 1. The van der Waals surface area contributed by atoms with Crippen molar-refractivity contribution in [3.63, 3.8) is 0 Å². The van der Waals surface area contributed by atoms with E-state index in [9.17, 15) is 9.59 Å². The predicted molar refractivity (Wildman–Crippen MR) is 64.2 cm³/mol. The molecule has 0 heterocycles. The molecule has 0 aliphatic rings. The monoisotopic (exact) mass is 236 g/mol. The number of para-hydroxylation sites is 1. The number of hydrogen-bond acceptors (Lipinski definition) is 4. The van der Waals surface area contributed by atoms with Crippen molar-refractivity contribution in [1.82, 2.24) is 5.43 Å². The zero-order valence-electron chi connectivity index (χ0n) is 10.1. The number of rotatable bonds is 4. The predicted octanol–water partition coefficient (Wildman–Crippen LogP) is 1.11. The van der Waals surface area contributed by atoms with Gasteiger partial charge in [0.25, 0.3) is 0 Å². The highest BCUT2D eigenvalue weighted by atomic mass is 16.5. The summed E-state index contributed by atoms with van der Waals surface area (Å²) < 4.78 is 4.66. The van der Waals surface area contributed by atoms with Gasteiger partial charge in [0, 0.05) is 6.92 Å². The van der Waals surface area contributed by atoms with Crippen molar-refractivity contribution < 1.29 is 14.3 Å². The van der Waals surface area contributed by atoms with Crippen LogP contribution in [0.3, 0.4) is 0 Å². The average molecular weight is 236 g/mol. The van der Waals surface area contributed by atoms with Crippen LogP contribution >= 0.6 is 0 Å². The number of benzene rings is 1. The zero-order valence-corrected chi connectivity index (χ0v) is 10.1. The molecule has 1 amide bonds. The lowest BCUT2D eigenvalue weighted by atomic mass is 10.2. The van der Waals surface area contributed by atoms with Crippen LogP contribution in [0.25, 0.3) is 0 Å². The van der Waals surface area contributed by atoms with Crippen molar-refractivity contribution in [3.8, 4) is 0 Å². The summed E-state index contributed by atoms with van der Waals surface area (Å²) in [4.78, 5) is 22.6. The van der Waals surface area contributed by atoms with Crippen molar-refractivity contribution in [2.45, 2.75) is 19.9 Å². The van der Waals surface area contributed by atoms with Crippen LogP contribution < -0.4 is 10.4 Å². The van der Waals surface area contributed by atoms with Crippen molar-refractivity contribution in [1.29, 1.82) is 0 Å². The summed E-state index contributed by atoms with van der Waals surface area (Å²) in [7, 11) is 1.32. The van der Waals surface area contributed by atoms with Gasteiger partial charge in [-0.15, -0.1) is 0 Å². The van der Waals surface area contributed by atoms with Gasteiger partial charge in [-0.3, -0.25) is 15.2 Å². The number of anilines is 1. The Hall–Kier alpha value is -2.04. The van der Waals surface area contributed by atoms with Crippen molar-refractivity contribution in [3.05, 3.63) is 30.3 Å². The lowest BCUT2D eigenvalue weighted by Crippen LogP contribution is -2.50. The minimum atomic E-state index is -0.591. The molecule has 5 heteroatoms. The van der Waals surface area contributed by atoms with Crippen LogP contribution in [0, 0.1) is 0 Å². The fourth-order valence-electron chi connectivity index (χ4n) is 1.42. The van der Waals surface area contributed by atoms with Gasteiger partial charge >= 0.3 is 5.97 Å². The molecule has 1 N–H and O–H groups in total. The van der Waals surface area contributed by atoms with Crippen LogP contribution in [0.1, 0.15) is 13.8 Å². The Morgan fingerprint density at radius 2 is 1.88 bits per heavy atom. The highest BCUT2D eigenvalue weighted by Crippen LogP contribution is 2.14. The van der Waals surface area contributed by atoms with Crippen LogP contribution in [-0.4, -0.2) is 25.0 Å². The molecule has 1 rings (SSSR count). The Bertz CT molecular complexity index is 392. The average Bonchev–Trinajstić information content (AvgIpc) is 2.35. The third-order valence-corrected chi connectivity index (χ3v) is 2.24. The number of nitrogens with zero attached hydrogens (tertiary/aromatic N) is 1. The summed E-state index contributed by atoms with van der Waals surface area (Å²) in [5.74, 6) is -0.660. The van der Waals surface area contributed by atoms with E-state index in [-0.39, 0.29) is 5.91 Å². The normalized spacial score (nSPS) is 11.5. The molecule has 0 aliphatic carbocycles. The molecular formula is C12H16N2O3. The molecule has 0 unspecified atom stereocenters. The van der Waals surface area contributed by atoms with Gasteiger partial charge in [0.1, 0.15) is 6.04 Å². The minimum Gasteiger partial charge on any atom is -0.467 e. The molecule has 0 aliphatic heterocycles. The number of nitrogens with one attached hydrogen (secondary N) is 1. The van der Waals surface area contributed by atoms with Crippen molar-refractivity contribution >= 4 is 17.6 Å². The first-order valence-corrected chi connectivity index (χ1v) is 5.25. The number of carbonyl (C=O) groups excluding carboxylic acids is 2. The molecule has 0 saturated carbocycles. The first kappa shape index (κ1) is 13.0. The van der Waals surface area contributed by atoms with E-state index in [0.29, 0.717) is 0 Å². The van der Waals surface area contributed by atoms with E-state index in [1.165, 1.54) is 19.0 Å². The lowest BCUT2D eigenvalue weighted by molar-refractivity contribution is -0.142. The quantitative estimate of drug-likeness (QED) is 0.628. The maximum Gasteiger partial charge on any atom is 0.330 e. The Kier molecular flexibility index (Phi) is 4.51. The summed E-state index contributed by atoms with van der Waals surface area (Å²) in [5, 5.41) is 1.48. The summed E-state index contributed by atoms with van der Waals surface area (Å²) in [6.45, 7) is 3.05. The third-order valence-electron chi connectivity index (χ3n) is 2.24. The molecule has 92 valence electrons. The summed E-state index contributed by atoms with van der Waals surface area (Å²) in [6, 6.07) is 8.52. The van der Waals surface area contributed by atoms with Crippen molar-refractivity contribution in [2.24, 2.45) is 0 Å². The Labute approximate surface area is 100 Å².